The first-order chi connectivity index (χ1) is 10.8. The zero-order chi connectivity index (χ0) is 16.6. The van der Waals surface area contributed by atoms with Crippen molar-refractivity contribution in [3.05, 3.63) is 23.3 Å². The van der Waals surface area contributed by atoms with E-state index in [9.17, 15) is 15.0 Å². The second-order valence-electron chi connectivity index (χ2n) is 7.33. The van der Waals surface area contributed by atoms with Gasteiger partial charge in [0.05, 0.1) is 11.0 Å². The van der Waals surface area contributed by atoms with Crippen molar-refractivity contribution in [1.29, 1.82) is 0 Å². The highest BCUT2D eigenvalue weighted by Crippen LogP contribution is 2.61. The summed E-state index contributed by atoms with van der Waals surface area (Å²) in [6, 6.07) is 3.47. The maximum absolute atomic E-state index is 12.5. The van der Waals surface area contributed by atoms with E-state index in [1.807, 2.05) is 20.0 Å². The van der Waals surface area contributed by atoms with Gasteiger partial charge in [0.2, 0.25) is 0 Å². The molecule has 1 saturated carbocycles. The van der Waals surface area contributed by atoms with Crippen molar-refractivity contribution >= 4 is 5.78 Å². The molecule has 5 heteroatoms. The Morgan fingerprint density at radius 1 is 1.43 bits per heavy atom. The number of ketones is 1. The maximum Gasteiger partial charge on any atom is 0.174 e. The summed E-state index contributed by atoms with van der Waals surface area (Å²) in [6.07, 6.45) is 0.737. The Balaban J connectivity index is 2.00. The van der Waals surface area contributed by atoms with Crippen molar-refractivity contribution in [2.75, 3.05) is 13.6 Å². The van der Waals surface area contributed by atoms with Crippen LogP contribution in [0.15, 0.2) is 12.1 Å². The van der Waals surface area contributed by atoms with Gasteiger partial charge in [0.1, 0.15) is 0 Å². The summed E-state index contributed by atoms with van der Waals surface area (Å²) in [7, 11) is 2.01. The van der Waals surface area contributed by atoms with Gasteiger partial charge in [-0.05, 0) is 45.0 Å². The number of benzene rings is 1. The van der Waals surface area contributed by atoms with Gasteiger partial charge in [0, 0.05) is 18.0 Å². The molecular weight excluding hydrogens is 294 g/mol. The van der Waals surface area contributed by atoms with E-state index in [4.69, 9.17) is 4.74 Å². The third kappa shape index (κ3) is 1.57. The van der Waals surface area contributed by atoms with Gasteiger partial charge >= 0.3 is 0 Å². The second kappa shape index (κ2) is 4.48. The van der Waals surface area contributed by atoms with Crippen LogP contribution in [-0.2, 0) is 16.6 Å². The number of ether oxygens (including phenoxy) is 1. The van der Waals surface area contributed by atoms with Gasteiger partial charge in [-0.25, -0.2) is 0 Å². The first-order valence-electron chi connectivity index (χ1n) is 8.32. The summed E-state index contributed by atoms with van der Waals surface area (Å²) in [4.78, 5) is 14.7. The van der Waals surface area contributed by atoms with E-state index >= 15 is 0 Å². The third-order valence-electron chi connectivity index (χ3n) is 6.44. The quantitative estimate of drug-likeness (QED) is 0.862. The molecule has 0 radical (unpaired) electrons. The van der Waals surface area contributed by atoms with E-state index in [1.165, 1.54) is 0 Å². The van der Waals surface area contributed by atoms with Crippen LogP contribution >= 0.6 is 0 Å². The maximum atomic E-state index is 12.5. The fourth-order valence-electron chi connectivity index (χ4n) is 5.00. The summed E-state index contributed by atoms with van der Waals surface area (Å²) in [5.41, 5.74) is 0.0479. The van der Waals surface area contributed by atoms with Crippen molar-refractivity contribution in [2.24, 2.45) is 0 Å². The minimum atomic E-state index is -1.04. The van der Waals surface area contributed by atoms with Crippen molar-refractivity contribution < 1.29 is 19.7 Å². The molecule has 1 heterocycles. The molecule has 23 heavy (non-hydrogen) atoms. The van der Waals surface area contributed by atoms with E-state index < -0.39 is 17.1 Å². The Bertz CT molecular complexity index is 703. The average Bonchev–Trinajstić information content (AvgIpc) is 2.87. The van der Waals surface area contributed by atoms with Crippen LogP contribution in [0, 0.1) is 0 Å². The number of rotatable bonds is 2. The van der Waals surface area contributed by atoms with Crippen LogP contribution in [0.4, 0.5) is 0 Å². The van der Waals surface area contributed by atoms with Crippen molar-refractivity contribution in [3.8, 4) is 11.5 Å². The van der Waals surface area contributed by atoms with Crippen LogP contribution in [-0.4, -0.2) is 52.2 Å². The molecule has 1 aromatic rings. The van der Waals surface area contributed by atoms with Gasteiger partial charge in [-0.2, -0.15) is 0 Å². The molecular formula is C18H23NO4. The lowest BCUT2D eigenvalue weighted by Gasteiger charge is -2.56. The highest BCUT2D eigenvalue weighted by Gasteiger charge is 2.69. The zero-order valence-electron chi connectivity index (χ0n) is 13.8. The molecule has 0 amide bonds. The standard InChI is InChI=1S/C18H23NO4/c1-4-19(3)13-9-10-5-6-11(20)15-14(10)17(2)16(23-15)12(21)7-8-18(13,17)22/h5-6,13,16,20,22H,4,7-9H2,1-3H3. The molecule has 1 aromatic carbocycles. The average molecular weight is 317 g/mol. The van der Waals surface area contributed by atoms with E-state index in [1.54, 1.807) is 6.07 Å². The molecule has 2 aliphatic carbocycles. The van der Waals surface area contributed by atoms with Crippen molar-refractivity contribution in [3.63, 3.8) is 0 Å². The molecule has 0 aromatic heterocycles. The molecule has 124 valence electrons. The molecule has 0 saturated heterocycles. The van der Waals surface area contributed by atoms with Crippen LogP contribution in [0.3, 0.4) is 0 Å². The fourth-order valence-corrected chi connectivity index (χ4v) is 5.00. The molecule has 3 aliphatic rings. The smallest absolute Gasteiger partial charge is 0.174 e. The summed E-state index contributed by atoms with van der Waals surface area (Å²) in [5, 5.41) is 21.9. The highest BCUT2D eigenvalue weighted by molar-refractivity contribution is 5.89. The number of phenols is 1. The van der Waals surface area contributed by atoms with E-state index in [-0.39, 0.29) is 17.6 Å². The number of Topliss-reactive ketones (excluding diaryl/α,β-unsaturated/α-hetero) is 1. The zero-order valence-corrected chi connectivity index (χ0v) is 13.8. The fraction of sp³-hybridized carbons (Fsp3) is 0.611. The van der Waals surface area contributed by atoms with Gasteiger partial charge in [-0.3, -0.25) is 4.79 Å². The minimum Gasteiger partial charge on any atom is -0.504 e. The molecule has 4 rings (SSSR count). The molecule has 5 nitrogen and oxygen atoms in total. The van der Waals surface area contributed by atoms with E-state index in [2.05, 4.69) is 11.8 Å². The van der Waals surface area contributed by atoms with Gasteiger partial charge < -0.3 is 19.8 Å². The summed E-state index contributed by atoms with van der Waals surface area (Å²) >= 11 is 0. The number of likely N-dealkylation sites (N-methyl/N-ethyl adjacent to an activating group) is 1. The molecule has 4 unspecified atom stereocenters. The first kappa shape index (κ1) is 15.0. The normalized spacial score (nSPS) is 37.7. The lowest BCUT2D eigenvalue weighted by molar-refractivity contribution is -0.164. The summed E-state index contributed by atoms with van der Waals surface area (Å²) in [6.45, 7) is 4.82. The lowest BCUT2D eigenvalue weighted by Crippen LogP contribution is -2.71. The number of hydrogen-bond acceptors (Lipinski definition) is 5. The summed E-state index contributed by atoms with van der Waals surface area (Å²) < 4.78 is 5.90. The number of carbonyl (C=O) groups is 1. The summed E-state index contributed by atoms with van der Waals surface area (Å²) in [5.74, 6) is 0.455. The van der Waals surface area contributed by atoms with Crippen molar-refractivity contribution in [1.82, 2.24) is 4.90 Å². The number of aromatic hydroxyl groups is 1. The SMILES string of the molecule is CCN(C)C1Cc2ccc(O)c3c2C2(C)C(O3)C(=O)CCC12O. The van der Waals surface area contributed by atoms with Crippen LogP contribution < -0.4 is 4.74 Å². The van der Waals surface area contributed by atoms with Crippen LogP contribution in [0.1, 0.15) is 37.8 Å². The molecule has 1 fully saturated rings. The molecule has 2 N–H and O–H groups in total. The predicted molar refractivity (Wildman–Crippen MR) is 84.9 cm³/mol. The first-order valence-corrected chi connectivity index (χ1v) is 8.32. The molecule has 4 atom stereocenters. The van der Waals surface area contributed by atoms with Gasteiger partial charge in [0.15, 0.2) is 23.4 Å². The Kier molecular flexibility index (Phi) is 2.92. The molecule has 1 aliphatic heterocycles. The monoisotopic (exact) mass is 317 g/mol. The van der Waals surface area contributed by atoms with Crippen LogP contribution in [0.2, 0.25) is 0 Å². The van der Waals surface area contributed by atoms with Gasteiger partial charge in [-0.1, -0.05) is 13.0 Å². The number of nitrogens with zero attached hydrogens (tertiary/aromatic N) is 1. The van der Waals surface area contributed by atoms with Gasteiger partial charge in [0.25, 0.3) is 0 Å². The van der Waals surface area contributed by atoms with Crippen LogP contribution in [0.25, 0.3) is 0 Å². The number of phenolic OH excluding ortho intramolecular Hbond substituents is 1. The number of aliphatic hydroxyl groups is 1. The van der Waals surface area contributed by atoms with E-state index in [0.29, 0.717) is 25.0 Å². The highest BCUT2D eigenvalue weighted by atomic mass is 16.5. The Morgan fingerprint density at radius 2 is 2.17 bits per heavy atom. The predicted octanol–water partition coefficient (Wildman–Crippen LogP) is 1.38. The van der Waals surface area contributed by atoms with E-state index in [0.717, 1.165) is 17.7 Å². The molecule has 0 spiro atoms. The second-order valence-corrected chi connectivity index (χ2v) is 7.33. The van der Waals surface area contributed by atoms with Crippen molar-refractivity contribution in [2.45, 2.75) is 56.3 Å². The Labute approximate surface area is 135 Å². The minimum absolute atomic E-state index is 0.0125. The topological polar surface area (TPSA) is 70.0 Å². The largest absolute Gasteiger partial charge is 0.504 e. The number of hydrogen-bond donors (Lipinski definition) is 2. The lowest BCUT2D eigenvalue weighted by atomic mass is 9.52. The Morgan fingerprint density at radius 3 is 2.87 bits per heavy atom. The number of carbonyl (C=O) groups excluding carboxylic acids is 1. The van der Waals surface area contributed by atoms with Crippen LogP contribution in [0.5, 0.6) is 11.5 Å². The van der Waals surface area contributed by atoms with Gasteiger partial charge in [-0.15, -0.1) is 0 Å². The Hall–Kier alpha value is -1.59. The molecule has 0 bridgehead atoms. The third-order valence-corrected chi connectivity index (χ3v) is 6.44.